The number of aromatic nitrogens is 2. The highest BCUT2D eigenvalue weighted by Crippen LogP contribution is 2.28. The van der Waals surface area contributed by atoms with Gasteiger partial charge in [-0.3, -0.25) is 0 Å². The Hall–Kier alpha value is -3.28. The van der Waals surface area contributed by atoms with Gasteiger partial charge < -0.3 is 19.2 Å². The van der Waals surface area contributed by atoms with Crippen molar-refractivity contribution in [1.29, 1.82) is 0 Å². The van der Waals surface area contributed by atoms with Crippen LogP contribution in [0.25, 0.3) is 23.2 Å². The highest BCUT2D eigenvalue weighted by atomic mass is 16.5. The second-order valence-electron chi connectivity index (χ2n) is 5.29. The molecule has 0 saturated carbocycles. The van der Waals surface area contributed by atoms with Gasteiger partial charge >= 0.3 is 5.97 Å². The zero-order valence-corrected chi connectivity index (χ0v) is 14.2. The van der Waals surface area contributed by atoms with Crippen LogP contribution in [0.2, 0.25) is 0 Å². The number of fused-ring (bicyclic) bond motifs is 1. The Morgan fingerprint density at radius 2 is 1.80 bits per heavy atom. The SMILES string of the molecule is COC(=O)c1ccc2[nH]c(/C=C/c3ccc(OC)c(OC)c3)nc2c1. The number of esters is 1. The summed E-state index contributed by atoms with van der Waals surface area (Å²) in [6.45, 7) is 0. The van der Waals surface area contributed by atoms with E-state index in [4.69, 9.17) is 14.2 Å². The molecule has 6 heteroatoms. The minimum atomic E-state index is -0.382. The standard InChI is InChI=1S/C19H18N2O4/c1-23-16-8-4-12(10-17(16)24-2)5-9-18-20-14-7-6-13(19(22)25-3)11-15(14)21-18/h4-11H,1-3H3,(H,20,21)/b9-5+. The molecule has 0 bridgehead atoms. The lowest BCUT2D eigenvalue weighted by Gasteiger charge is -2.07. The van der Waals surface area contributed by atoms with E-state index < -0.39 is 0 Å². The maximum absolute atomic E-state index is 11.6. The van der Waals surface area contributed by atoms with Crippen molar-refractivity contribution in [3.63, 3.8) is 0 Å². The molecule has 0 fully saturated rings. The Morgan fingerprint density at radius 1 is 1.00 bits per heavy atom. The second kappa shape index (κ2) is 7.09. The Bertz CT molecular complexity index is 944. The molecule has 0 saturated heterocycles. The fourth-order valence-corrected chi connectivity index (χ4v) is 2.48. The number of ether oxygens (including phenoxy) is 3. The molecular formula is C19H18N2O4. The fourth-order valence-electron chi connectivity index (χ4n) is 2.48. The van der Waals surface area contributed by atoms with Gasteiger partial charge in [0.15, 0.2) is 11.5 Å². The number of nitrogens with one attached hydrogen (secondary N) is 1. The summed E-state index contributed by atoms with van der Waals surface area (Å²) in [5.74, 6) is 1.65. The molecule has 1 aromatic heterocycles. The number of imidazole rings is 1. The van der Waals surface area contributed by atoms with Gasteiger partial charge in [0.2, 0.25) is 0 Å². The maximum atomic E-state index is 11.6. The van der Waals surface area contributed by atoms with Crippen LogP contribution >= 0.6 is 0 Å². The molecule has 1 heterocycles. The first-order chi connectivity index (χ1) is 12.1. The summed E-state index contributed by atoms with van der Waals surface area (Å²) in [6.07, 6.45) is 3.78. The normalized spacial score (nSPS) is 11.0. The number of hydrogen-bond acceptors (Lipinski definition) is 5. The number of H-pyrrole nitrogens is 1. The maximum Gasteiger partial charge on any atom is 0.337 e. The van der Waals surface area contributed by atoms with Crippen molar-refractivity contribution in [3.05, 3.63) is 53.3 Å². The molecule has 6 nitrogen and oxygen atoms in total. The van der Waals surface area contributed by atoms with Gasteiger partial charge in [0, 0.05) is 0 Å². The van der Waals surface area contributed by atoms with E-state index in [9.17, 15) is 4.79 Å². The van der Waals surface area contributed by atoms with Crippen LogP contribution < -0.4 is 9.47 Å². The van der Waals surface area contributed by atoms with Gasteiger partial charge in [0.25, 0.3) is 0 Å². The second-order valence-corrected chi connectivity index (χ2v) is 5.29. The quantitative estimate of drug-likeness (QED) is 0.720. The summed E-state index contributed by atoms with van der Waals surface area (Å²) in [5.41, 5.74) is 2.97. The van der Waals surface area contributed by atoms with Crippen LogP contribution in [-0.4, -0.2) is 37.3 Å². The number of carbonyl (C=O) groups excluding carboxylic acids is 1. The summed E-state index contributed by atoms with van der Waals surface area (Å²) >= 11 is 0. The molecule has 3 rings (SSSR count). The molecule has 128 valence electrons. The van der Waals surface area contributed by atoms with Crippen LogP contribution in [-0.2, 0) is 4.74 Å². The minimum Gasteiger partial charge on any atom is -0.493 e. The van der Waals surface area contributed by atoms with E-state index in [0.717, 1.165) is 11.1 Å². The van der Waals surface area contributed by atoms with Crippen LogP contribution in [0.3, 0.4) is 0 Å². The van der Waals surface area contributed by atoms with Gasteiger partial charge in [0.1, 0.15) is 5.82 Å². The molecule has 3 aromatic rings. The van der Waals surface area contributed by atoms with Crippen LogP contribution in [0, 0.1) is 0 Å². The Morgan fingerprint density at radius 3 is 2.52 bits per heavy atom. The molecule has 0 unspecified atom stereocenters. The summed E-state index contributed by atoms with van der Waals surface area (Å²) in [7, 11) is 4.56. The summed E-state index contributed by atoms with van der Waals surface area (Å²) in [4.78, 5) is 19.3. The number of carbonyl (C=O) groups is 1. The van der Waals surface area contributed by atoms with E-state index >= 15 is 0 Å². The monoisotopic (exact) mass is 338 g/mol. The van der Waals surface area contributed by atoms with Gasteiger partial charge in [0.05, 0.1) is 37.9 Å². The summed E-state index contributed by atoms with van der Waals surface area (Å²) < 4.78 is 15.3. The topological polar surface area (TPSA) is 73.4 Å². The van der Waals surface area contributed by atoms with Gasteiger partial charge in [-0.2, -0.15) is 0 Å². The Balaban J connectivity index is 1.87. The van der Waals surface area contributed by atoms with E-state index in [1.54, 1.807) is 26.4 Å². The van der Waals surface area contributed by atoms with E-state index in [1.807, 2.05) is 36.4 Å². The minimum absolute atomic E-state index is 0.382. The first-order valence-corrected chi connectivity index (χ1v) is 7.63. The number of benzene rings is 2. The average molecular weight is 338 g/mol. The molecule has 0 aliphatic rings. The lowest BCUT2D eigenvalue weighted by molar-refractivity contribution is 0.0601. The molecule has 1 N–H and O–H groups in total. The zero-order chi connectivity index (χ0) is 17.8. The van der Waals surface area contributed by atoms with Crippen LogP contribution in [0.15, 0.2) is 36.4 Å². The van der Waals surface area contributed by atoms with Crippen molar-refractivity contribution in [1.82, 2.24) is 9.97 Å². The first-order valence-electron chi connectivity index (χ1n) is 7.63. The first kappa shape index (κ1) is 16.6. The van der Waals surface area contributed by atoms with Gasteiger partial charge in [-0.15, -0.1) is 0 Å². The van der Waals surface area contributed by atoms with Crippen molar-refractivity contribution < 1.29 is 19.0 Å². The molecule has 0 radical (unpaired) electrons. The number of rotatable bonds is 5. The zero-order valence-electron chi connectivity index (χ0n) is 14.2. The summed E-state index contributed by atoms with van der Waals surface area (Å²) in [5, 5.41) is 0. The van der Waals surface area contributed by atoms with E-state index in [0.29, 0.717) is 28.4 Å². The molecule has 0 aliphatic heterocycles. The molecule has 0 spiro atoms. The van der Waals surface area contributed by atoms with Crippen LogP contribution in [0.4, 0.5) is 0 Å². The van der Waals surface area contributed by atoms with E-state index in [1.165, 1.54) is 7.11 Å². The van der Waals surface area contributed by atoms with Crippen molar-refractivity contribution in [2.75, 3.05) is 21.3 Å². The average Bonchev–Trinajstić information content (AvgIpc) is 3.07. The van der Waals surface area contributed by atoms with Crippen LogP contribution in [0.1, 0.15) is 21.7 Å². The van der Waals surface area contributed by atoms with Gasteiger partial charge in [-0.25, -0.2) is 9.78 Å². The summed E-state index contributed by atoms with van der Waals surface area (Å²) in [6, 6.07) is 10.9. The highest BCUT2D eigenvalue weighted by Gasteiger charge is 2.08. The van der Waals surface area contributed by atoms with Crippen molar-refractivity contribution in [2.45, 2.75) is 0 Å². The van der Waals surface area contributed by atoms with Gasteiger partial charge in [-0.1, -0.05) is 12.1 Å². The number of methoxy groups -OCH3 is 3. The smallest absolute Gasteiger partial charge is 0.337 e. The Kier molecular flexibility index (Phi) is 4.70. The molecular weight excluding hydrogens is 320 g/mol. The third kappa shape index (κ3) is 3.47. The predicted octanol–water partition coefficient (Wildman–Crippen LogP) is 3.54. The lowest BCUT2D eigenvalue weighted by Crippen LogP contribution is -2.00. The highest BCUT2D eigenvalue weighted by molar-refractivity contribution is 5.93. The molecule has 2 aromatic carbocycles. The largest absolute Gasteiger partial charge is 0.493 e. The number of nitrogens with zero attached hydrogens (tertiary/aromatic N) is 1. The third-order valence-electron chi connectivity index (χ3n) is 3.76. The van der Waals surface area contributed by atoms with Crippen molar-refractivity contribution in [2.24, 2.45) is 0 Å². The van der Waals surface area contributed by atoms with Crippen molar-refractivity contribution >= 4 is 29.2 Å². The third-order valence-corrected chi connectivity index (χ3v) is 3.76. The number of aromatic amines is 1. The molecule has 0 aliphatic carbocycles. The van der Waals surface area contributed by atoms with Crippen molar-refractivity contribution in [3.8, 4) is 11.5 Å². The van der Waals surface area contributed by atoms with E-state index in [2.05, 4.69) is 9.97 Å². The van der Waals surface area contributed by atoms with E-state index in [-0.39, 0.29) is 5.97 Å². The molecule has 0 amide bonds. The Labute approximate surface area is 145 Å². The van der Waals surface area contributed by atoms with Gasteiger partial charge in [-0.05, 0) is 42.0 Å². The van der Waals surface area contributed by atoms with Crippen LogP contribution in [0.5, 0.6) is 11.5 Å². The molecule has 0 atom stereocenters. The predicted molar refractivity (Wildman–Crippen MR) is 95.9 cm³/mol. The fraction of sp³-hybridized carbons (Fsp3) is 0.158. The number of hydrogen-bond donors (Lipinski definition) is 1. The molecule has 25 heavy (non-hydrogen) atoms. The lowest BCUT2D eigenvalue weighted by atomic mass is 10.2.